The number of nitrogens with zero attached hydrogens (tertiary/aromatic N) is 3. The Morgan fingerprint density at radius 2 is 1.67 bits per heavy atom. The van der Waals surface area contributed by atoms with Crippen LogP contribution in [0.3, 0.4) is 0 Å². The number of halogens is 3. The van der Waals surface area contributed by atoms with Crippen LogP contribution in [0, 0.1) is 12.3 Å². The largest absolute Gasteiger partial charge is 0.416 e. The van der Waals surface area contributed by atoms with Crippen LogP contribution in [0.2, 0.25) is 0 Å². The molecule has 0 fully saturated rings. The number of hydrogen-bond acceptors (Lipinski definition) is 4. The molecule has 3 aromatic rings. The van der Waals surface area contributed by atoms with Gasteiger partial charge in [0, 0.05) is 11.9 Å². The van der Waals surface area contributed by atoms with Gasteiger partial charge in [-0.25, -0.2) is 4.98 Å². The molecule has 1 aromatic heterocycles. The predicted molar refractivity (Wildman–Crippen MR) is 121 cm³/mol. The number of para-hydroxylation sites is 2. The van der Waals surface area contributed by atoms with Crippen LogP contribution in [-0.4, -0.2) is 14.5 Å². The van der Waals surface area contributed by atoms with E-state index >= 15 is 0 Å². The topological polar surface area (TPSA) is 66.6 Å². The molecule has 0 atom stereocenters. The molecule has 164 valence electrons. The molecule has 2 N–H and O–H groups in total. The fourth-order valence-electron chi connectivity index (χ4n) is 3.80. The van der Waals surface area contributed by atoms with Gasteiger partial charge < -0.3 is 9.88 Å². The van der Waals surface area contributed by atoms with Crippen LogP contribution < -0.4 is 10.7 Å². The van der Waals surface area contributed by atoms with Gasteiger partial charge in [0.2, 0.25) is 0 Å². The van der Waals surface area contributed by atoms with Gasteiger partial charge in [-0.2, -0.15) is 13.2 Å². The van der Waals surface area contributed by atoms with Crippen molar-refractivity contribution in [1.82, 2.24) is 14.5 Å². The number of aryl methyl sites for hydroxylation is 1. The highest BCUT2D eigenvalue weighted by Gasteiger charge is 2.30. The van der Waals surface area contributed by atoms with Crippen molar-refractivity contribution in [2.45, 2.75) is 13.1 Å². The molecule has 0 radical (unpaired) electrons. The predicted octanol–water partition coefficient (Wildman–Crippen LogP) is 6.08. The Labute approximate surface area is 187 Å². The monoisotopic (exact) mass is 445 g/mol. The third kappa shape index (κ3) is 3.80. The molecule has 5 rings (SSSR count). The summed E-state index contributed by atoms with van der Waals surface area (Å²) in [6.45, 7) is 1.87. The maximum Gasteiger partial charge on any atom is 0.416 e. The number of pyridine rings is 1. The van der Waals surface area contributed by atoms with E-state index in [1.54, 1.807) is 18.3 Å². The average molecular weight is 445 g/mol. The molecule has 0 unspecified atom stereocenters. The van der Waals surface area contributed by atoms with Gasteiger partial charge in [0.05, 0.1) is 50.4 Å². The summed E-state index contributed by atoms with van der Waals surface area (Å²) in [6.07, 6.45) is -2.71. The maximum atomic E-state index is 13.1. The van der Waals surface area contributed by atoms with Crippen molar-refractivity contribution in [3.8, 4) is 17.1 Å². The number of hydrogen-bond donors (Lipinski definition) is 2. The Hall–Kier alpha value is -4.20. The average Bonchev–Trinajstić information content (AvgIpc) is 2.79. The van der Waals surface area contributed by atoms with E-state index in [-0.39, 0.29) is 5.36 Å². The van der Waals surface area contributed by atoms with E-state index in [0.29, 0.717) is 28.3 Å². The number of nitrogens with one attached hydrogen (secondary N) is 2. The number of aromatic nitrogens is 3. The van der Waals surface area contributed by atoms with Crippen LogP contribution in [0.4, 0.5) is 24.5 Å². The molecule has 8 heteroatoms. The van der Waals surface area contributed by atoms with Gasteiger partial charge in [-0.1, -0.05) is 12.1 Å². The summed E-state index contributed by atoms with van der Waals surface area (Å²) in [5.41, 5.74) is 4.61. The lowest BCUT2D eigenvalue weighted by Gasteiger charge is -2.20. The summed E-state index contributed by atoms with van der Waals surface area (Å²) in [6, 6.07) is 19.5. The smallest absolute Gasteiger partial charge is 0.352 e. The Kier molecular flexibility index (Phi) is 4.85. The zero-order valence-electron chi connectivity index (χ0n) is 17.5. The van der Waals surface area contributed by atoms with E-state index in [9.17, 15) is 13.2 Å². The summed E-state index contributed by atoms with van der Waals surface area (Å²) in [4.78, 5) is 9.01. The first kappa shape index (κ1) is 20.7. The maximum absolute atomic E-state index is 13.1. The minimum Gasteiger partial charge on any atom is -0.352 e. The molecule has 0 amide bonds. The summed E-state index contributed by atoms with van der Waals surface area (Å²) in [5.74, 6) is 0. The van der Waals surface area contributed by atoms with Crippen LogP contribution >= 0.6 is 0 Å². The lowest BCUT2D eigenvalue weighted by atomic mass is 10.1. The molecule has 33 heavy (non-hydrogen) atoms. The lowest BCUT2D eigenvalue weighted by molar-refractivity contribution is -0.137. The van der Waals surface area contributed by atoms with Crippen molar-refractivity contribution in [1.29, 1.82) is 5.41 Å². The molecule has 0 spiro atoms. The highest BCUT2D eigenvalue weighted by atomic mass is 19.4. The molecule has 2 heterocycles. The molecular formula is C25H18F3N5. The van der Waals surface area contributed by atoms with E-state index in [1.807, 2.05) is 47.9 Å². The second-order valence-corrected chi connectivity index (χ2v) is 7.63. The molecule has 1 aliphatic heterocycles. The Morgan fingerprint density at radius 1 is 0.909 bits per heavy atom. The second kappa shape index (κ2) is 7.74. The van der Waals surface area contributed by atoms with E-state index in [2.05, 4.69) is 10.3 Å². The lowest BCUT2D eigenvalue weighted by Crippen LogP contribution is -2.14. The first-order valence-electron chi connectivity index (χ1n) is 10.2. The van der Waals surface area contributed by atoms with Gasteiger partial charge in [-0.15, -0.1) is 0 Å². The van der Waals surface area contributed by atoms with Crippen LogP contribution in [0.1, 0.15) is 11.3 Å². The molecule has 0 bridgehead atoms. The summed E-state index contributed by atoms with van der Waals surface area (Å²) in [5, 5.41) is 12.0. The van der Waals surface area contributed by atoms with Gasteiger partial charge in [-0.3, -0.25) is 10.4 Å². The number of alkyl halides is 3. The molecule has 5 nitrogen and oxygen atoms in total. The molecule has 2 aliphatic rings. The molecule has 2 aromatic carbocycles. The molecule has 0 saturated carbocycles. The second-order valence-electron chi connectivity index (χ2n) is 7.63. The van der Waals surface area contributed by atoms with Crippen molar-refractivity contribution in [2.24, 2.45) is 0 Å². The van der Waals surface area contributed by atoms with Crippen molar-refractivity contribution >= 4 is 22.4 Å². The van der Waals surface area contributed by atoms with Crippen molar-refractivity contribution in [2.75, 3.05) is 5.32 Å². The summed E-state index contributed by atoms with van der Waals surface area (Å²) >= 11 is 0. The molecular weight excluding hydrogens is 427 g/mol. The SMILES string of the molecule is Cc1ncccc1Nc1cc2nc3ccccc3n(-c3ccc(C(F)(F)F)cc3)c-2cc1=N. The van der Waals surface area contributed by atoms with Crippen LogP contribution in [0.25, 0.3) is 28.1 Å². The summed E-state index contributed by atoms with van der Waals surface area (Å²) in [7, 11) is 0. The first-order valence-corrected chi connectivity index (χ1v) is 10.2. The van der Waals surface area contributed by atoms with Crippen molar-refractivity contribution in [3.05, 3.63) is 95.6 Å². The number of benzene rings is 3. The first-order chi connectivity index (χ1) is 15.8. The number of fused-ring (bicyclic) bond motifs is 2. The Bertz CT molecular complexity index is 1500. The van der Waals surface area contributed by atoms with Gasteiger partial charge >= 0.3 is 6.18 Å². The van der Waals surface area contributed by atoms with Gasteiger partial charge in [0.1, 0.15) is 0 Å². The quantitative estimate of drug-likeness (QED) is 0.331. The normalized spacial score (nSPS) is 11.8. The number of rotatable bonds is 3. The third-order valence-corrected chi connectivity index (χ3v) is 5.45. The van der Waals surface area contributed by atoms with E-state index < -0.39 is 11.7 Å². The van der Waals surface area contributed by atoms with E-state index in [0.717, 1.165) is 29.0 Å². The van der Waals surface area contributed by atoms with Gasteiger partial charge in [0.25, 0.3) is 0 Å². The fourth-order valence-corrected chi connectivity index (χ4v) is 3.80. The zero-order valence-corrected chi connectivity index (χ0v) is 17.5. The van der Waals surface area contributed by atoms with Crippen LogP contribution in [-0.2, 0) is 6.18 Å². The van der Waals surface area contributed by atoms with Crippen molar-refractivity contribution in [3.63, 3.8) is 0 Å². The third-order valence-electron chi connectivity index (χ3n) is 5.45. The van der Waals surface area contributed by atoms with Crippen LogP contribution in [0.5, 0.6) is 0 Å². The molecule has 0 saturated heterocycles. The van der Waals surface area contributed by atoms with E-state index in [4.69, 9.17) is 10.4 Å². The molecule has 1 aliphatic carbocycles. The van der Waals surface area contributed by atoms with Crippen LogP contribution in [0.15, 0.2) is 79.0 Å². The standard InChI is InChI=1S/C25H18F3N5/c1-15-19(6-4-12-30-15)31-21-14-22-24(13-18(21)29)33(23-7-3-2-5-20(23)32-22)17-10-8-16(9-11-17)25(26,27)28/h2-14,29,31H,1H3. The fraction of sp³-hybridized carbons (Fsp3) is 0.0800. The Balaban J connectivity index is 1.72. The van der Waals surface area contributed by atoms with Gasteiger partial charge in [0.15, 0.2) is 0 Å². The highest BCUT2D eigenvalue weighted by molar-refractivity contribution is 5.84. The zero-order chi connectivity index (χ0) is 23.2. The minimum absolute atomic E-state index is 0.225. The highest BCUT2D eigenvalue weighted by Crippen LogP contribution is 2.33. The summed E-state index contributed by atoms with van der Waals surface area (Å²) < 4.78 is 41.1. The minimum atomic E-state index is -4.41. The van der Waals surface area contributed by atoms with Crippen molar-refractivity contribution < 1.29 is 13.2 Å². The van der Waals surface area contributed by atoms with E-state index in [1.165, 1.54) is 12.1 Å². The number of anilines is 2. The van der Waals surface area contributed by atoms with Gasteiger partial charge in [-0.05, 0) is 67.6 Å². The Morgan fingerprint density at radius 3 is 2.39 bits per heavy atom.